The maximum absolute atomic E-state index is 6.01. The van der Waals surface area contributed by atoms with Crippen LogP contribution in [0.15, 0.2) is 54.6 Å². The highest BCUT2D eigenvalue weighted by Crippen LogP contribution is 2.38. The van der Waals surface area contributed by atoms with E-state index >= 15 is 0 Å². The molecule has 0 saturated heterocycles. The van der Waals surface area contributed by atoms with Crippen molar-refractivity contribution in [2.24, 2.45) is 0 Å². The topological polar surface area (TPSA) is 18.5 Å². The van der Waals surface area contributed by atoms with E-state index in [4.69, 9.17) is 9.47 Å². The second-order valence-electron chi connectivity index (χ2n) is 4.22. The third-order valence-electron chi connectivity index (χ3n) is 2.97. The van der Waals surface area contributed by atoms with Gasteiger partial charge in [-0.25, -0.2) is 0 Å². The Bertz CT molecular complexity index is 507. The monoisotopic (exact) mass is 226 g/mol. The van der Waals surface area contributed by atoms with Crippen molar-refractivity contribution < 1.29 is 9.47 Å². The van der Waals surface area contributed by atoms with Gasteiger partial charge in [0.05, 0.1) is 0 Å². The van der Waals surface area contributed by atoms with Gasteiger partial charge in [0.25, 0.3) is 0 Å². The van der Waals surface area contributed by atoms with E-state index in [2.05, 4.69) is 12.1 Å². The Morgan fingerprint density at radius 1 is 0.765 bits per heavy atom. The summed E-state index contributed by atoms with van der Waals surface area (Å²) < 4.78 is 11.9. The Balaban J connectivity index is 1.95. The molecule has 0 unspecified atom stereocenters. The van der Waals surface area contributed by atoms with Gasteiger partial charge in [-0.2, -0.15) is 0 Å². The Kier molecular flexibility index (Phi) is 2.48. The van der Waals surface area contributed by atoms with Crippen LogP contribution in [0.3, 0.4) is 0 Å². The molecule has 86 valence electrons. The second-order valence-corrected chi connectivity index (χ2v) is 4.22. The number of fused-ring (bicyclic) bond motifs is 1. The number of rotatable bonds is 1. The largest absolute Gasteiger partial charge is 0.483 e. The Morgan fingerprint density at radius 2 is 1.35 bits per heavy atom. The second kappa shape index (κ2) is 4.13. The van der Waals surface area contributed by atoms with Gasteiger partial charge in [-0.1, -0.05) is 42.5 Å². The molecule has 0 spiro atoms. The van der Waals surface area contributed by atoms with Crippen molar-refractivity contribution in [3.05, 3.63) is 60.2 Å². The van der Waals surface area contributed by atoms with Crippen LogP contribution in [0.2, 0.25) is 0 Å². The maximum atomic E-state index is 6.01. The predicted octanol–water partition coefficient (Wildman–Crippen LogP) is 3.59. The molecule has 0 bridgehead atoms. The molecule has 1 heterocycles. The van der Waals surface area contributed by atoms with Gasteiger partial charge in [0.1, 0.15) is 6.10 Å². The number of benzene rings is 2. The maximum Gasteiger partial charge on any atom is 0.162 e. The molecule has 2 aromatic rings. The molecule has 0 aromatic heterocycles. The van der Waals surface area contributed by atoms with Gasteiger partial charge in [-0.05, 0) is 24.6 Å². The first-order valence-corrected chi connectivity index (χ1v) is 5.82. The first kappa shape index (κ1) is 10.2. The van der Waals surface area contributed by atoms with Gasteiger partial charge in [0, 0.05) is 0 Å². The van der Waals surface area contributed by atoms with E-state index in [1.807, 2.05) is 49.4 Å². The van der Waals surface area contributed by atoms with Crippen molar-refractivity contribution in [3.8, 4) is 11.5 Å². The molecule has 17 heavy (non-hydrogen) atoms. The van der Waals surface area contributed by atoms with E-state index in [1.165, 1.54) is 0 Å². The first-order valence-electron chi connectivity index (χ1n) is 5.82. The summed E-state index contributed by atoms with van der Waals surface area (Å²) in [4.78, 5) is 0. The van der Waals surface area contributed by atoms with Gasteiger partial charge < -0.3 is 9.47 Å². The van der Waals surface area contributed by atoms with Crippen molar-refractivity contribution in [2.45, 2.75) is 19.1 Å². The molecule has 0 amide bonds. The van der Waals surface area contributed by atoms with Gasteiger partial charge >= 0.3 is 0 Å². The lowest BCUT2D eigenvalue weighted by molar-refractivity contribution is 0.0307. The average molecular weight is 226 g/mol. The summed E-state index contributed by atoms with van der Waals surface area (Å²) in [7, 11) is 0. The molecular formula is C15H14O2. The van der Waals surface area contributed by atoms with Crippen LogP contribution >= 0.6 is 0 Å². The summed E-state index contributed by atoms with van der Waals surface area (Å²) in [5.74, 6) is 1.65. The molecular weight excluding hydrogens is 212 g/mol. The van der Waals surface area contributed by atoms with Crippen LogP contribution in [-0.4, -0.2) is 6.10 Å². The van der Waals surface area contributed by atoms with Gasteiger partial charge in [-0.15, -0.1) is 0 Å². The van der Waals surface area contributed by atoms with Gasteiger partial charge in [-0.3, -0.25) is 0 Å². The Labute approximate surface area is 101 Å². The van der Waals surface area contributed by atoms with E-state index in [-0.39, 0.29) is 12.2 Å². The fourth-order valence-corrected chi connectivity index (χ4v) is 2.12. The van der Waals surface area contributed by atoms with Crippen molar-refractivity contribution >= 4 is 0 Å². The van der Waals surface area contributed by atoms with Crippen molar-refractivity contribution in [1.82, 2.24) is 0 Å². The smallest absolute Gasteiger partial charge is 0.162 e. The molecule has 2 nitrogen and oxygen atoms in total. The van der Waals surface area contributed by atoms with Crippen LogP contribution in [0.1, 0.15) is 18.6 Å². The summed E-state index contributed by atoms with van der Waals surface area (Å²) in [5.41, 5.74) is 1.15. The summed E-state index contributed by atoms with van der Waals surface area (Å²) in [6, 6.07) is 18.0. The minimum atomic E-state index is -0.0360. The highest BCUT2D eigenvalue weighted by Gasteiger charge is 2.28. The molecule has 0 N–H and O–H groups in total. The van der Waals surface area contributed by atoms with E-state index in [9.17, 15) is 0 Å². The molecule has 0 radical (unpaired) electrons. The molecule has 1 aliphatic rings. The van der Waals surface area contributed by atoms with Crippen LogP contribution < -0.4 is 9.47 Å². The Morgan fingerprint density at radius 3 is 2.06 bits per heavy atom. The summed E-state index contributed by atoms with van der Waals surface area (Å²) in [6.45, 7) is 2.04. The number of ether oxygens (including phenoxy) is 2. The standard InChI is InChI=1S/C15H14O2/c1-11-15(12-7-3-2-4-8-12)17-14-10-6-5-9-13(14)16-11/h2-11,15H,1H3/t11-,15-/m1/s1. The molecule has 3 rings (SSSR count). The van der Waals surface area contributed by atoms with E-state index < -0.39 is 0 Å². The fraction of sp³-hybridized carbons (Fsp3) is 0.200. The lowest BCUT2D eigenvalue weighted by Gasteiger charge is -2.32. The zero-order valence-corrected chi connectivity index (χ0v) is 9.67. The van der Waals surface area contributed by atoms with Crippen LogP contribution in [-0.2, 0) is 0 Å². The van der Waals surface area contributed by atoms with Crippen LogP contribution in [0.4, 0.5) is 0 Å². The highest BCUT2D eigenvalue weighted by molar-refractivity contribution is 5.42. The van der Waals surface area contributed by atoms with Gasteiger partial charge in [0.2, 0.25) is 0 Å². The fourth-order valence-electron chi connectivity index (χ4n) is 2.12. The van der Waals surface area contributed by atoms with Crippen LogP contribution in [0.25, 0.3) is 0 Å². The Hall–Kier alpha value is -1.96. The summed E-state index contributed by atoms with van der Waals surface area (Å²) in [6.07, 6.45) is -0.0154. The lowest BCUT2D eigenvalue weighted by Crippen LogP contribution is -2.30. The highest BCUT2D eigenvalue weighted by atomic mass is 16.6. The van der Waals surface area contributed by atoms with Crippen LogP contribution in [0.5, 0.6) is 11.5 Å². The lowest BCUT2D eigenvalue weighted by atomic mass is 10.0. The van der Waals surface area contributed by atoms with Crippen molar-refractivity contribution in [3.63, 3.8) is 0 Å². The van der Waals surface area contributed by atoms with E-state index in [1.54, 1.807) is 0 Å². The van der Waals surface area contributed by atoms with Crippen molar-refractivity contribution in [2.75, 3.05) is 0 Å². The number of hydrogen-bond donors (Lipinski definition) is 0. The predicted molar refractivity (Wildman–Crippen MR) is 66.3 cm³/mol. The van der Waals surface area contributed by atoms with Crippen molar-refractivity contribution in [1.29, 1.82) is 0 Å². The quantitative estimate of drug-likeness (QED) is 0.739. The number of hydrogen-bond acceptors (Lipinski definition) is 2. The molecule has 0 fully saturated rings. The zero-order chi connectivity index (χ0) is 11.7. The van der Waals surface area contributed by atoms with E-state index in [0.29, 0.717) is 0 Å². The molecule has 0 saturated carbocycles. The summed E-state index contributed by atoms with van der Waals surface area (Å²) in [5, 5.41) is 0. The minimum Gasteiger partial charge on any atom is -0.483 e. The molecule has 2 atom stereocenters. The number of para-hydroxylation sites is 2. The van der Waals surface area contributed by atoms with E-state index in [0.717, 1.165) is 17.1 Å². The normalized spacial score (nSPS) is 22.2. The zero-order valence-electron chi connectivity index (χ0n) is 9.67. The third kappa shape index (κ3) is 1.86. The van der Waals surface area contributed by atoms with Crippen LogP contribution in [0, 0.1) is 0 Å². The SMILES string of the molecule is C[C@H]1Oc2ccccc2O[C@H]1c1ccccc1. The van der Waals surface area contributed by atoms with Gasteiger partial charge in [0.15, 0.2) is 17.6 Å². The average Bonchev–Trinajstić information content (AvgIpc) is 2.39. The molecule has 0 aliphatic carbocycles. The summed E-state index contributed by atoms with van der Waals surface area (Å²) >= 11 is 0. The minimum absolute atomic E-state index is 0.0206. The third-order valence-corrected chi connectivity index (χ3v) is 2.97. The molecule has 2 aromatic carbocycles. The first-order chi connectivity index (χ1) is 8.34. The molecule has 2 heteroatoms. The molecule has 1 aliphatic heterocycles.